The number of carbonyl (C=O) groups excluding carboxylic acids is 4. The summed E-state index contributed by atoms with van der Waals surface area (Å²) < 4.78 is 21.7. The second-order valence-corrected chi connectivity index (χ2v) is 42.5. The van der Waals surface area contributed by atoms with Crippen LogP contribution in [0.3, 0.4) is 0 Å². The van der Waals surface area contributed by atoms with Gasteiger partial charge in [0.05, 0.1) is 5.92 Å². The number of benzene rings is 2. The molecule has 2 aromatic rings. The monoisotopic (exact) mass is 1810 g/mol. The number of hydrogen-bond donors (Lipinski definition) is 0. The van der Waals surface area contributed by atoms with E-state index in [0.29, 0.717) is 18.4 Å². The van der Waals surface area contributed by atoms with Crippen LogP contribution in [-0.2, 0) is 38.1 Å². The molecule has 0 spiro atoms. The average molecular weight is 1820 g/mol. The highest BCUT2D eigenvalue weighted by Crippen LogP contribution is 2.45. The summed E-state index contributed by atoms with van der Waals surface area (Å²) in [6.07, 6.45) is 103. The van der Waals surface area contributed by atoms with Gasteiger partial charge in [0, 0.05) is 25.7 Å². The molecule has 8 heteroatoms. The Bertz CT molecular complexity index is 2700. The van der Waals surface area contributed by atoms with Gasteiger partial charge in [0.1, 0.15) is 25.4 Å². The molecule has 0 amide bonds. The lowest BCUT2D eigenvalue weighted by atomic mass is 9.78. The van der Waals surface area contributed by atoms with Gasteiger partial charge in [0.2, 0.25) is 0 Å². The summed E-state index contributed by atoms with van der Waals surface area (Å²) in [4.78, 5) is 49.5. The lowest BCUT2D eigenvalue weighted by molar-refractivity contribution is -0.152. The summed E-state index contributed by atoms with van der Waals surface area (Å²) in [6, 6.07) is 17.1. The topological polar surface area (TPSA) is 105 Å². The molecule has 130 heavy (non-hydrogen) atoms. The molecule has 0 saturated heterocycles. The molecule has 7 unspecified atom stereocenters. The number of carbonyl (C=O) groups is 4. The van der Waals surface area contributed by atoms with Crippen molar-refractivity contribution in [2.24, 2.45) is 53.3 Å². The molecule has 0 heterocycles. The third-order valence-corrected chi connectivity index (χ3v) is 29.4. The van der Waals surface area contributed by atoms with Gasteiger partial charge in [-0.1, -0.05) is 560 Å². The van der Waals surface area contributed by atoms with Crippen LogP contribution in [0.5, 0.6) is 0 Å². The second kappa shape index (κ2) is 88.8. The fourth-order valence-corrected chi connectivity index (χ4v) is 21.1. The SMILES string of the molecule is C1CCCCCCCCCCCCCCCCCCC1.C=CCOC(=O)CC(CC(=O)OCC=C)CC(CC)CC1CCCCCCCCCCCCCCC(C(=O)OCC2c3ccccc3-c3ccccc32)CCCC1.CC(=O)OC(C)(C)C.CCC(CC)CC(CC)CC(CC)CC1CCCCCCCCCCCCCCC(C)CCCC1.CCCCC.CCCCC. The van der Waals surface area contributed by atoms with E-state index in [1.807, 2.05) is 20.8 Å². The molecule has 0 bridgehead atoms. The van der Waals surface area contributed by atoms with Crippen LogP contribution < -0.4 is 0 Å². The van der Waals surface area contributed by atoms with E-state index in [2.05, 4.69) is 131 Å². The van der Waals surface area contributed by atoms with Crippen molar-refractivity contribution < 1.29 is 38.1 Å². The number of esters is 4. The van der Waals surface area contributed by atoms with E-state index in [-0.39, 0.29) is 73.3 Å². The number of fused-ring (bicyclic) bond motifs is 3. The van der Waals surface area contributed by atoms with Crippen LogP contribution in [-0.4, -0.2) is 49.3 Å². The fourth-order valence-electron chi connectivity index (χ4n) is 21.1. The van der Waals surface area contributed by atoms with Crippen LogP contribution in [0.2, 0.25) is 0 Å². The molecule has 3 fully saturated rings. The van der Waals surface area contributed by atoms with Gasteiger partial charge in [-0.3, -0.25) is 19.2 Å². The standard InChI is InChI=1S/C51H74O6.C35H70.C20H40.C6H12O2.2C5H12/c1-4-33-55-49(52)37-42(38-50(53)56-34-5-2)36-40(6-3)35-41-25-17-15-13-11-9-7-8-10-12-14-16-18-27-43(28-20-19-26-41)51(54)57-39-48-46-31-23-21-29-44(46)45-30-22-24-32-47(45)48;1-6-32(7-2)28-33(8-3)29-34(9-4)30-35-26-21-19-17-15-13-11-10-12-14-16-18-20-24-31(5)25-22-23-27-35;1-2-4-6-8-10-12-14-16-18-20-19-17-15-13-11-9-7-5-3-1;1-5(7)8-6(2,3)4;2*1-3-5-4-2/h4-5,21-24,29-32,40-43,48H,1-2,6-20,25-28,33-39H2,3H3;31-35H,6-30H2,1-5H3;1-20H2;1-4H3;2*3-5H2,1-2H3. The van der Waals surface area contributed by atoms with Crippen molar-refractivity contribution in [2.75, 3.05) is 19.8 Å². The van der Waals surface area contributed by atoms with Gasteiger partial charge in [-0.25, -0.2) is 0 Å². The molecule has 756 valence electrons. The van der Waals surface area contributed by atoms with Crippen LogP contribution >= 0.6 is 0 Å². The molecule has 8 nitrogen and oxygen atoms in total. The van der Waals surface area contributed by atoms with E-state index in [9.17, 15) is 19.2 Å². The third-order valence-electron chi connectivity index (χ3n) is 29.4. The van der Waals surface area contributed by atoms with Crippen LogP contribution in [0.1, 0.15) is 589 Å². The highest BCUT2D eigenvalue weighted by atomic mass is 16.6. The predicted molar refractivity (Wildman–Crippen MR) is 568 cm³/mol. The molecule has 4 aliphatic rings. The zero-order chi connectivity index (χ0) is 95.2. The first-order valence-corrected chi connectivity index (χ1v) is 57.4. The van der Waals surface area contributed by atoms with Gasteiger partial charge in [-0.2, -0.15) is 0 Å². The minimum absolute atomic E-state index is 0.0223. The second-order valence-electron chi connectivity index (χ2n) is 42.5. The van der Waals surface area contributed by atoms with Crippen LogP contribution in [0.25, 0.3) is 11.1 Å². The summed E-state index contributed by atoms with van der Waals surface area (Å²) >= 11 is 0. The predicted octanol–water partition coefficient (Wildman–Crippen LogP) is 39.7. The first-order chi connectivity index (χ1) is 63.3. The smallest absolute Gasteiger partial charge is 0.308 e. The molecule has 0 aromatic heterocycles. The van der Waals surface area contributed by atoms with Crippen molar-refractivity contribution >= 4 is 23.9 Å². The Morgan fingerprint density at radius 1 is 0.346 bits per heavy atom. The first-order valence-electron chi connectivity index (χ1n) is 57.4. The number of unbranched alkanes of at least 4 members (excludes halogenated alkanes) is 4. The maximum absolute atomic E-state index is 13.9. The Hall–Kier alpha value is -4.20. The molecular weight excluding hydrogens is 1590 g/mol. The van der Waals surface area contributed by atoms with Crippen LogP contribution in [0.15, 0.2) is 73.8 Å². The normalized spacial score (nSPS) is 20.4. The van der Waals surface area contributed by atoms with Gasteiger partial charge in [-0.15, -0.1) is 0 Å². The van der Waals surface area contributed by atoms with Gasteiger partial charge >= 0.3 is 23.9 Å². The molecule has 6 rings (SSSR count). The lowest BCUT2D eigenvalue weighted by Gasteiger charge is -2.28. The third kappa shape index (κ3) is 71.3. The van der Waals surface area contributed by atoms with Crippen LogP contribution in [0.4, 0.5) is 0 Å². The minimum Gasteiger partial charge on any atom is -0.464 e. The maximum atomic E-state index is 13.9. The van der Waals surface area contributed by atoms with Crippen LogP contribution in [0, 0.1) is 53.3 Å². The number of ether oxygens (including phenoxy) is 4. The quantitative estimate of drug-likeness (QED) is 0.0433. The molecule has 7 atom stereocenters. The molecular formula is C122H220O8. The Balaban J connectivity index is 0.000000971. The Morgan fingerprint density at radius 2 is 0.608 bits per heavy atom. The zero-order valence-electron chi connectivity index (χ0n) is 89.2. The van der Waals surface area contributed by atoms with E-state index in [4.69, 9.17) is 18.9 Å². The summed E-state index contributed by atoms with van der Waals surface area (Å²) in [7, 11) is 0. The largest absolute Gasteiger partial charge is 0.464 e. The number of rotatable bonds is 30. The summed E-state index contributed by atoms with van der Waals surface area (Å²) in [5.74, 6) is 4.91. The van der Waals surface area contributed by atoms with E-state index in [1.54, 1.807) is 12.2 Å². The maximum Gasteiger partial charge on any atom is 0.308 e. The minimum atomic E-state index is -0.328. The summed E-state index contributed by atoms with van der Waals surface area (Å²) in [5.41, 5.74) is 4.69. The molecule has 0 radical (unpaired) electrons. The highest BCUT2D eigenvalue weighted by molar-refractivity contribution is 5.79. The van der Waals surface area contributed by atoms with Crippen molar-refractivity contribution in [1.29, 1.82) is 0 Å². The molecule has 0 N–H and O–H groups in total. The summed E-state index contributed by atoms with van der Waals surface area (Å²) in [6.45, 7) is 38.4. The van der Waals surface area contributed by atoms with Crippen molar-refractivity contribution in [2.45, 2.75) is 584 Å². The van der Waals surface area contributed by atoms with Crippen molar-refractivity contribution in [3.8, 4) is 11.1 Å². The van der Waals surface area contributed by atoms with Gasteiger partial charge in [0.15, 0.2) is 0 Å². The summed E-state index contributed by atoms with van der Waals surface area (Å²) in [5, 5.41) is 0. The van der Waals surface area contributed by atoms with Gasteiger partial charge in [0.25, 0.3) is 0 Å². The van der Waals surface area contributed by atoms with E-state index in [0.717, 1.165) is 87.4 Å². The van der Waals surface area contributed by atoms with E-state index in [1.165, 1.54) is 434 Å². The van der Waals surface area contributed by atoms with Crippen molar-refractivity contribution in [1.82, 2.24) is 0 Å². The van der Waals surface area contributed by atoms with Crippen molar-refractivity contribution in [3.05, 3.63) is 85.0 Å². The Labute approximate surface area is 809 Å². The van der Waals surface area contributed by atoms with E-state index >= 15 is 0 Å². The molecule has 4 aliphatic carbocycles. The average Bonchev–Trinajstić information content (AvgIpc) is 1.62. The Kier molecular flexibility index (Phi) is 84.5. The van der Waals surface area contributed by atoms with Gasteiger partial charge < -0.3 is 18.9 Å². The first kappa shape index (κ1) is 124. The zero-order valence-corrected chi connectivity index (χ0v) is 89.2. The molecule has 3 saturated carbocycles. The highest BCUT2D eigenvalue weighted by Gasteiger charge is 2.32. The van der Waals surface area contributed by atoms with E-state index < -0.39 is 0 Å². The molecule has 2 aromatic carbocycles. The van der Waals surface area contributed by atoms with Crippen molar-refractivity contribution in [3.63, 3.8) is 0 Å². The van der Waals surface area contributed by atoms with Gasteiger partial charge in [-0.05, 0) is 135 Å². The fraction of sp³-hybridized carbons (Fsp3) is 0.836. The lowest BCUT2D eigenvalue weighted by Crippen LogP contribution is -2.21. The molecule has 0 aliphatic heterocycles. The number of hydrogen-bond acceptors (Lipinski definition) is 8. The Morgan fingerprint density at radius 3 is 0.885 bits per heavy atom.